The SMILES string of the molecule is COC(=O)CN(C)C(=O)CCCCCCOc1ccc([N+](=O)[O-])c(C=O)c1. The van der Waals surface area contributed by atoms with Crippen LogP contribution >= 0.6 is 0 Å². The summed E-state index contributed by atoms with van der Waals surface area (Å²) in [5.74, 6) is -0.154. The first-order valence-corrected chi connectivity index (χ1v) is 8.56. The third-order valence-corrected chi connectivity index (χ3v) is 3.90. The molecule has 9 heteroatoms. The number of ether oxygens (including phenoxy) is 2. The minimum atomic E-state index is -0.614. The van der Waals surface area contributed by atoms with Crippen molar-refractivity contribution < 1.29 is 28.8 Å². The highest BCUT2D eigenvalue weighted by molar-refractivity contribution is 5.82. The van der Waals surface area contributed by atoms with E-state index in [1.54, 1.807) is 7.05 Å². The lowest BCUT2D eigenvalue weighted by atomic mass is 10.1. The standard InChI is InChI=1S/C18H24N2O7/c1-19(12-18(23)26-2)17(22)7-5-3-4-6-10-27-15-8-9-16(20(24)25)14(11-15)13-21/h8-9,11,13H,3-7,10,12H2,1-2H3. The van der Waals surface area contributed by atoms with E-state index in [0.29, 0.717) is 31.5 Å². The Hall–Kier alpha value is -2.97. The number of nitrogens with zero attached hydrogens (tertiary/aromatic N) is 2. The third-order valence-electron chi connectivity index (χ3n) is 3.90. The van der Waals surface area contributed by atoms with Crippen LogP contribution in [0, 0.1) is 10.1 Å². The maximum atomic E-state index is 11.8. The first-order chi connectivity index (χ1) is 12.9. The van der Waals surface area contributed by atoms with E-state index in [9.17, 15) is 24.5 Å². The van der Waals surface area contributed by atoms with Gasteiger partial charge in [-0.2, -0.15) is 0 Å². The number of unbranched alkanes of at least 4 members (excludes halogenated alkanes) is 3. The molecule has 148 valence electrons. The minimum Gasteiger partial charge on any atom is -0.494 e. The molecule has 0 fully saturated rings. The summed E-state index contributed by atoms with van der Waals surface area (Å²) in [5, 5.41) is 10.8. The monoisotopic (exact) mass is 380 g/mol. The Morgan fingerprint density at radius 1 is 1.22 bits per heavy atom. The Balaban J connectivity index is 2.22. The number of esters is 1. The Labute approximate surface area is 157 Å². The lowest BCUT2D eigenvalue weighted by molar-refractivity contribution is -0.385. The summed E-state index contributed by atoms with van der Waals surface area (Å²) in [4.78, 5) is 45.3. The zero-order valence-electron chi connectivity index (χ0n) is 15.5. The van der Waals surface area contributed by atoms with Crippen LogP contribution in [0.5, 0.6) is 5.75 Å². The van der Waals surface area contributed by atoms with Crippen molar-refractivity contribution in [3.8, 4) is 5.75 Å². The second-order valence-corrected chi connectivity index (χ2v) is 5.93. The van der Waals surface area contributed by atoms with E-state index in [0.717, 1.165) is 19.3 Å². The smallest absolute Gasteiger partial charge is 0.325 e. The van der Waals surface area contributed by atoms with Crippen molar-refractivity contribution in [2.24, 2.45) is 0 Å². The highest BCUT2D eigenvalue weighted by Gasteiger charge is 2.14. The quantitative estimate of drug-likeness (QED) is 0.180. The van der Waals surface area contributed by atoms with Crippen LogP contribution in [0.15, 0.2) is 18.2 Å². The molecule has 1 aromatic carbocycles. The number of amides is 1. The molecule has 1 aromatic rings. The van der Waals surface area contributed by atoms with Gasteiger partial charge in [0.25, 0.3) is 5.69 Å². The summed E-state index contributed by atoms with van der Waals surface area (Å²) in [6, 6.07) is 4.05. The van der Waals surface area contributed by atoms with E-state index in [1.165, 1.54) is 30.2 Å². The number of hydrogen-bond donors (Lipinski definition) is 0. The number of likely N-dealkylation sites (N-methyl/N-ethyl adjacent to an activating group) is 1. The van der Waals surface area contributed by atoms with E-state index in [1.807, 2.05) is 0 Å². The van der Waals surface area contributed by atoms with Crippen LogP contribution in [0.3, 0.4) is 0 Å². The van der Waals surface area contributed by atoms with E-state index >= 15 is 0 Å². The van der Waals surface area contributed by atoms with Gasteiger partial charge in [0, 0.05) is 19.5 Å². The van der Waals surface area contributed by atoms with Crippen molar-refractivity contribution >= 4 is 23.9 Å². The first kappa shape index (κ1) is 22.1. The minimum absolute atomic E-state index is 0.0212. The second kappa shape index (κ2) is 11.6. The number of hydrogen-bond acceptors (Lipinski definition) is 7. The number of nitro groups is 1. The van der Waals surface area contributed by atoms with Crippen molar-refractivity contribution in [2.45, 2.75) is 32.1 Å². The van der Waals surface area contributed by atoms with E-state index in [2.05, 4.69) is 4.74 Å². The lowest BCUT2D eigenvalue weighted by Gasteiger charge is -2.15. The molecule has 0 aliphatic carbocycles. The fourth-order valence-electron chi connectivity index (χ4n) is 2.34. The largest absolute Gasteiger partial charge is 0.494 e. The molecule has 0 spiro atoms. The maximum absolute atomic E-state index is 11.8. The third kappa shape index (κ3) is 7.85. The fourth-order valence-corrected chi connectivity index (χ4v) is 2.34. The number of nitro benzene ring substituents is 1. The predicted octanol–water partition coefficient (Wildman–Crippen LogP) is 2.37. The van der Waals surface area contributed by atoms with Crippen LogP contribution in [0.2, 0.25) is 0 Å². The summed E-state index contributed by atoms with van der Waals surface area (Å²) in [5.41, 5.74) is -0.272. The molecule has 9 nitrogen and oxygen atoms in total. The van der Waals surface area contributed by atoms with Crippen LogP contribution < -0.4 is 4.74 Å². The summed E-state index contributed by atoms with van der Waals surface area (Å²) in [6.07, 6.45) is 3.93. The molecule has 0 N–H and O–H groups in total. The zero-order valence-corrected chi connectivity index (χ0v) is 15.5. The van der Waals surface area contributed by atoms with Gasteiger partial charge < -0.3 is 14.4 Å². The number of aldehydes is 1. The highest BCUT2D eigenvalue weighted by Crippen LogP contribution is 2.22. The molecule has 1 amide bonds. The normalized spacial score (nSPS) is 10.1. The molecule has 0 aliphatic heterocycles. The van der Waals surface area contributed by atoms with E-state index in [-0.39, 0.29) is 23.7 Å². The summed E-state index contributed by atoms with van der Waals surface area (Å²) >= 11 is 0. The number of carbonyl (C=O) groups excluding carboxylic acids is 3. The summed E-state index contributed by atoms with van der Waals surface area (Å²) < 4.78 is 10.0. The van der Waals surface area contributed by atoms with Gasteiger partial charge in [0.1, 0.15) is 12.3 Å². The van der Waals surface area contributed by atoms with Crippen LogP contribution in [0.25, 0.3) is 0 Å². The van der Waals surface area contributed by atoms with Crippen molar-refractivity contribution in [1.82, 2.24) is 4.90 Å². The van der Waals surface area contributed by atoms with E-state index in [4.69, 9.17) is 4.74 Å². The average Bonchev–Trinajstić information content (AvgIpc) is 2.66. The van der Waals surface area contributed by atoms with Gasteiger partial charge in [0.05, 0.1) is 24.2 Å². The molecule has 0 radical (unpaired) electrons. The molecule has 0 saturated carbocycles. The fraction of sp³-hybridized carbons (Fsp3) is 0.500. The maximum Gasteiger partial charge on any atom is 0.325 e. The topological polar surface area (TPSA) is 116 Å². The van der Waals surface area contributed by atoms with Gasteiger partial charge in [0.15, 0.2) is 6.29 Å². The molecule has 0 aliphatic rings. The molecule has 1 rings (SSSR count). The van der Waals surface area contributed by atoms with E-state index < -0.39 is 10.9 Å². The van der Waals surface area contributed by atoms with Crippen molar-refractivity contribution in [1.29, 1.82) is 0 Å². The molecular weight excluding hydrogens is 356 g/mol. The molecule has 0 unspecified atom stereocenters. The summed E-state index contributed by atoms with van der Waals surface area (Å²) in [6.45, 7) is 0.355. The Morgan fingerprint density at radius 3 is 2.56 bits per heavy atom. The zero-order chi connectivity index (χ0) is 20.2. The highest BCUT2D eigenvalue weighted by atomic mass is 16.6. The molecule has 0 atom stereocenters. The number of carbonyl (C=O) groups is 3. The first-order valence-electron chi connectivity index (χ1n) is 8.56. The van der Waals surface area contributed by atoms with Gasteiger partial charge in [-0.05, 0) is 25.0 Å². The summed E-state index contributed by atoms with van der Waals surface area (Å²) in [7, 11) is 2.84. The number of rotatable bonds is 12. The molecular formula is C18H24N2O7. The molecule has 0 heterocycles. The van der Waals surface area contributed by atoms with Crippen molar-refractivity contribution in [2.75, 3.05) is 27.3 Å². The van der Waals surface area contributed by atoms with Crippen LogP contribution in [0.1, 0.15) is 42.5 Å². The second-order valence-electron chi connectivity index (χ2n) is 5.93. The number of benzene rings is 1. The molecule has 0 saturated heterocycles. The molecule has 0 bridgehead atoms. The van der Waals surface area contributed by atoms with Crippen LogP contribution in [-0.4, -0.2) is 55.3 Å². The average molecular weight is 380 g/mol. The van der Waals surface area contributed by atoms with Gasteiger partial charge in [-0.25, -0.2) is 0 Å². The predicted molar refractivity (Wildman–Crippen MR) is 96.7 cm³/mol. The van der Waals surface area contributed by atoms with Crippen LogP contribution in [0.4, 0.5) is 5.69 Å². The Kier molecular flexibility index (Phi) is 9.49. The van der Waals surface area contributed by atoms with Crippen molar-refractivity contribution in [3.63, 3.8) is 0 Å². The van der Waals surface area contributed by atoms with Gasteiger partial charge in [-0.3, -0.25) is 24.5 Å². The van der Waals surface area contributed by atoms with Gasteiger partial charge >= 0.3 is 5.97 Å². The Morgan fingerprint density at radius 2 is 1.93 bits per heavy atom. The number of methoxy groups -OCH3 is 1. The van der Waals surface area contributed by atoms with Crippen molar-refractivity contribution in [3.05, 3.63) is 33.9 Å². The lowest BCUT2D eigenvalue weighted by Crippen LogP contribution is -2.32. The van der Waals surface area contributed by atoms with Gasteiger partial charge in [0.2, 0.25) is 5.91 Å². The van der Waals surface area contributed by atoms with Gasteiger partial charge in [-0.15, -0.1) is 0 Å². The molecule has 0 aromatic heterocycles. The molecule has 27 heavy (non-hydrogen) atoms. The van der Waals surface area contributed by atoms with Gasteiger partial charge in [-0.1, -0.05) is 12.8 Å². The Bertz CT molecular complexity index is 676. The van der Waals surface area contributed by atoms with Crippen LogP contribution in [-0.2, 0) is 14.3 Å².